The van der Waals surface area contributed by atoms with Crippen molar-refractivity contribution in [2.75, 3.05) is 7.11 Å². The number of carbonyl (C=O) groups is 1. The Morgan fingerprint density at radius 1 is 1.13 bits per heavy atom. The molecular weight excluding hydrogens is 432 g/mol. The highest BCUT2D eigenvalue weighted by molar-refractivity contribution is 7.98. The predicted molar refractivity (Wildman–Crippen MR) is 120 cm³/mol. The Bertz CT molecular complexity index is 1260. The van der Waals surface area contributed by atoms with Gasteiger partial charge in [-0.05, 0) is 47.7 Å². The van der Waals surface area contributed by atoms with Gasteiger partial charge in [0.25, 0.3) is 5.78 Å². The van der Waals surface area contributed by atoms with Crippen molar-refractivity contribution < 1.29 is 9.53 Å². The van der Waals surface area contributed by atoms with Crippen molar-refractivity contribution in [3.8, 4) is 5.75 Å². The van der Waals surface area contributed by atoms with Gasteiger partial charge in [-0.2, -0.15) is 9.50 Å². The number of ketones is 1. The molecule has 156 valence electrons. The highest BCUT2D eigenvalue weighted by atomic mass is 35.5. The Kier molecular flexibility index (Phi) is 5.38. The zero-order valence-electron chi connectivity index (χ0n) is 16.8. The number of fused-ring (bicyclic) bond motifs is 3. The third-order valence-corrected chi connectivity index (χ3v) is 6.65. The van der Waals surface area contributed by atoms with Gasteiger partial charge in [-0.15, -0.1) is 5.10 Å². The second kappa shape index (κ2) is 8.32. The van der Waals surface area contributed by atoms with E-state index in [0.717, 1.165) is 28.3 Å². The van der Waals surface area contributed by atoms with Crippen LogP contribution in [0.4, 0.5) is 0 Å². The van der Waals surface area contributed by atoms with E-state index in [2.05, 4.69) is 15.1 Å². The van der Waals surface area contributed by atoms with E-state index >= 15 is 0 Å². The van der Waals surface area contributed by atoms with E-state index in [0.29, 0.717) is 34.4 Å². The molecule has 0 fully saturated rings. The maximum Gasteiger partial charge on any atom is 0.253 e. The van der Waals surface area contributed by atoms with Gasteiger partial charge in [0.15, 0.2) is 5.78 Å². The summed E-state index contributed by atoms with van der Waals surface area (Å²) < 4.78 is 6.98. The van der Waals surface area contributed by atoms with Crippen LogP contribution in [-0.4, -0.2) is 32.5 Å². The van der Waals surface area contributed by atoms with E-state index in [4.69, 9.17) is 16.3 Å². The molecule has 0 saturated heterocycles. The first-order chi connectivity index (χ1) is 15.1. The van der Waals surface area contributed by atoms with Gasteiger partial charge in [0, 0.05) is 23.4 Å². The molecule has 1 aliphatic carbocycles. The summed E-state index contributed by atoms with van der Waals surface area (Å²) >= 11 is 7.49. The van der Waals surface area contributed by atoms with Crippen LogP contribution in [0.5, 0.6) is 5.75 Å². The minimum absolute atomic E-state index is 0.0855. The second-order valence-corrected chi connectivity index (χ2v) is 8.82. The lowest BCUT2D eigenvalue weighted by atomic mass is 9.82. The summed E-state index contributed by atoms with van der Waals surface area (Å²) in [6, 6.07) is 15.6. The molecule has 31 heavy (non-hydrogen) atoms. The third kappa shape index (κ3) is 4.03. The molecule has 1 unspecified atom stereocenters. The number of hydrogen-bond donors (Lipinski definition) is 0. The normalized spacial score (nSPS) is 15.8. The molecule has 0 saturated carbocycles. The fourth-order valence-corrected chi connectivity index (χ4v) is 4.73. The number of carbonyl (C=O) groups excluding carboxylic acids is 1. The van der Waals surface area contributed by atoms with Crippen LogP contribution >= 0.6 is 23.4 Å². The topological polar surface area (TPSA) is 69.4 Å². The molecule has 4 aromatic rings. The Hall–Kier alpha value is -2.90. The summed E-state index contributed by atoms with van der Waals surface area (Å²) in [5.74, 6) is 2.22. The number of thioether (sulfide) groups is 1. The number of aromatic nitrogens is 4. The molecule has 0 bridgehead atoms. The summed E-state index contributed by atoms with van der Waals surface area (Å²) in [6.45, 7) is 0. The number of rotatable bonds is 5. The largest absolute Gasteiger partial charge is 0.497 e. The van der Waals surface area contributed by atoms with E-state index in [1.165, 1.54) is 11.8 Å². The van der Waals surface area contributed by atoms with Gasteiger partial charge in [-0.3, -0.25) is 4.79 Å². The Balaban J connectivity index is 1.42. The molecule has 1 atom stereocenters. The zero-order valence-corrected chi connectivity index (χ0v) is 18.4. The van der Waals surface area contributed by atoms with E-state index in [1.54, 1.807) is 17.8 Å². The minimum Gasteiger partial charge on any atom is -0.497 e. The van der Waals surface area contributed by atoms with E-state index in [9.17, 15) is 4.79 Å². The molecular formula is C23H19ClN4O2S. The third-order valence-electron chi connectivity index (χ3n) is 5.49. The van der Waals surface area contributed by atoms with Crippen LogP contribution in [0.2, 0.25) is 5.02 Å². The van der Waals surface area contributed by atoms with Gasteiger partial charge >= 0.3 is 0 Å². The zero-order chi connectivity index (χ0) is 21.4. The number of halogens is 1. The van der Waals surface area contributed by atoms with Crippen LogP contribution in [-0.2, 0) is 12.2 Å². The Morgan fingerprint density at radius 2 is 1.90 bits per heavy atom. The smallest absolute Gasteiger partial charge is 0.253 e. The molecule has 2 aromatic heterocycles. The standard InChI is InChI=1S/C23H19ClN4O2S/c1-30-18-8-4-15(5-9-18)16-10-20-19(21(29)11-16)12-25-22-26-23(27-28(20)22)31-13-14-2-6-17(24)7-3-14/h2-9,12,16H,10-11,13H2,1H3. The van der Waals surface area contributed by atoms with Crippen molar-refractivity contribution in [2.45, 2.75) is 29.7 Å². The first kappa shape index (κ1) is 20.0. The first-order valence-corrected chi connectivity index (χ1v) is 11.3. The van der Waals surface area contributed by atoms with E-state index < -0.39 is 0 Å². The fraction of sp³-hybridized carbons (Fsp3) is 0.217. The number of ether oxygens (including phenoxy) is 1. The average molecular weight is 451 g/mol. The average Bonchev–Trinajstić information content (AvgIpc) is 3.22. The van der Waals surface area contributed by atoms with Crippen LogP contribution in [0, 0.1) is 0 Å². The lowest BCUT2D eigenvalue weighted by Crippen LogP contribution is -2.22. The molecule has 2 heterocycles. The van der Waals surface area contributed by atoms with Gasteiger partial charge in [-0.1, -0.05) is 47.6 Å². The monoisotopic (exact) mass is 450 g/mol. The second-order valence-electron chi connectivity index (χ2n) is 7.44. The summed E-state index contributed by atoms with van der Waals surface area (Å²) in [4.78, 5) is 21.8. The summed E-state index contributed by atoms with van der Waals surface area (Å²) in [5.41, 5.74) is 3.75. The Morgan fingerprint density at radius 3 is 2.65 bits per heavy atom. The molecule has 6 nitrogen and oxygen atoms in total. The highest BCUT2D eigenvalue weighted by Gasteiger charge is 2.29. The SMILES string of the molecule is COc1ccc(C2CC(=O)c3cnc4nc(SCc5ccc(Cl)cc5)nn4c3C2)cc1. The van der Waals surface area contributed by atoms with E-state index in [1.807, 2.05) is 48.5 Å². The molecule has 0 spiro atoms. The van der Waals surface area contributed by atoms with Crippen LogP contribution in [0.25, 0.3) is 5.78 Å². The van der Waals surface area contributed by atoms with Crippen LogP contribution in [0.1, 0.15) is 39.5 Å². The first-order valence-electron chi connectivity index (χ1n) is 9.90. The summed E-state index contributed by atoms with van der Waals surface area (Å²) in [5, 5.41) is 6.00. The van der Waals surface area contributed by atoms with Gasteiger partial charge in [0.1, 0.15) is 5.75 Å². The van der Waals surface area contributed by atoms with Gasteiger partial charge in [0.05, 0.1) is 18.4 Å². The van der Waals surface area contributed by atoms with Crippen molar-refractivity contribution in [1.82, 2.24) is 19.6 Å². The lowest BCUT2D eigenvalue weighted by molar-refractivity contribution is 0.0962. The molecule has 8 heteroatoms. The van der Waals surface area contributed by atoms with Crippen molar-refractivity contribution in [1.29, 1.82) is 0 Å². The van der Waals surface area contributed by atoms with Crippen molar-refractivity contribution in [3.63, 3.8) is 0 Å². The lowest BCUT2D eigenvalue weighted by Gasteiger charge is -2.24. The number of nitrogens with zero attached hydrogens (tertiary/aromatic N) is 4. The fourth-order valence-electron chi connectivity index (χ4n) is 3.83. The number of Topliss-reactive ketones (excluding diaryl/α,β-unsaturated/α-hetero) is 1. The molecule has 0 N–H and O–H groups in total. The highest BCUT2D eigenvalue weighted by Crippen LogP contribution is 2.33. The maximum absolute atomic E-state index is 12.8. The van der Waals surface area contributed by atoms with Crippen LogP contribution in [0.15, 0.2) is 59.9 Å². The van der Waals surface area contributed by atoms with E-state index in [-0.39, 0.29) is 11.7 Å². The quantitative estimate of drug-likeness (QED) is 0.399. The summed E-state index contributed by atoms with van der Waals surface area (Å²) in [7, 11) is 1.65. The van der Waals surface area contributed by atoms with Gasteiger partial charge < -0.3 is 4.74 Å². The molecule has 0 amide bonds. The minimum atomic E-state index is 0.0855. The van der Waals surface area contributed by atoms with Gasteiger partial charge in [-0.25, -0.2) is 4.98 Å². The molecule has 2 aromatic carbocycles. The van der Waals surface area contributed by atoms with Crippen molar-refractivity contribution in [2.24, 2.45) is 0 Å². The number of methoxy groups -OCH3 is 1. The maximum atomic E-state index is 12.8. The van der Waals surface area contributed by atoms with Crippen molar-refractivity contribution >= 4 is 34.9 Å². The Labute approximate surface area is 188 Å². The predicted octanol–water partition coefficient (Wildman–Crippen LogP) is 4.99. The summed E-state index contributed by atoms with van der Waals surface area (Å²) in [6.07, 6.45) is 2.80. The molecule has 5 rings (SSSR count). The number of benzene rings is 2. The molecule has 0 aliphatic heterocycles. The van der Waals surface area contributed by atoms with Crippen molar-refractivity contribution in [3.05, 3.63) is 82.1 Å². The molecule has 0 radical (unpaired) electrons. The molecule has 1 aliphatic rings. The van der Waals surface area contributed by atoms with Crippen LogP contribution < -0.4 is 4.74 Å². The van der Waals surface area contributed by atoms with Crippen LogP contribution in [0.3, 0.4) is 0 Å². The number of hydrogen-bond acceptors (Lipinski definition) is 6. The van der Waals surface area contributed by atoms with Gasteiger partial charge in [0.2, 0.25) is 5.16 Å².